The Labute approximate surface area is 142 Å². The molecule has 1 aliphatic rings. The Balaban J connectivity index is 2.03. The molecule has 0 N–H and O–H groups in total. The van der Waals surface area contributed by atoms with Crippen LogP contribution in [0.4, 0.5) is 24.5 Å². The molecule has 0 saturated heterocycles. The lowest BCUT2D eigenvalue weighted by atomic mass is 10.1. The van der Waals surface area contributed by atoms with E-state index < -0.39 is 11.7 Å². The maximum Gasteiger partial charge on any atom is 0.416 e. The van der Waals surface area contributed by atoms with Gasteiger partial charge in [0, 0.05) is 22.2 Å². The van der Waals surface area contributed by atoms with Gasteiger partial charge in [-0.25, -0.2) is 0 Å². The second-order valence-corrected chi connectivity index (χ2v) is 6.76. The number of benzene rings is 2. The van der Waals surface area contributed by atoms with Crippen molar-refractivity contribution in [3.63, 3.8) is 0 Å². The summed E-state index contributed by atoms with van der Waals surface area (Å²) in [5.41, 5.74) is 0.968. The Hall–Kier alpha value is -1.33. The summed E-state index contributed by atoms with van der Waals surface area (Å²) in [5, 5.41) is 0. The standard InChI is InChI=1S/C17H15ClF3NS/c18-9-3-4-10-22-13-5-1-2-6-15(13)23-16-8-7-12(11-14(16)22)17(19,20)21/h1-2,5-8,11H,3-4,9-10H2. The molecule has 0 radical (unpaired) electrons. The highest BCUT2D eigenvalue weighted by atomic mass is 35.5. The van der Waals surface area contributed by atoms with Crippen molar-refractivity contribution >= 4 is 34.7 Å². The molecule has 1 nitrogen and oxygen atoms in total. The van der Waals surface area contributed by atoms with Crippen LogP contribution in [0.25, 0.3) is 0 Å². The monoisotopic (exact) mass is 357 g/mol. The average molecular weight is 358 g/mol. The summed E-state index contributed by atoms with van der Waals surface area (Å²) in [6.45, 7) is 0.651. The Morgan fingerprint density at radius 1 is 0.957 bits per heavy atom. The van der Waals surface area contributed by atoms with Gasteiger partial charge < -0.3 is 4.90 Å². The van der Waals surface area contributed by atoms with Gasteiger partial charge in [0.05, 0.1) is 16.9 Å². The van der Waals surface area contributed by atoms with Crippen LogP contribution in [0.2, 0.25) is 0 Å². The predicted molar refractivity (Wildman–Crippen MR) is 89.0 cm³/mol. The van der Waals surface area contributed by atoms with E-state index in [2.05, 4.69) is 0 Å². The molecule has 1 heterocycles. The SMILES string of the molecule is FC(F)(F)c1ccc2c(c1)N(CCCCCl)c1ccccc1S2. The minimum Gasteiger partial charge on any atom is -0.340 e. The number of rotatable bonds is 4. The van der Waals surface area contributed by atoms with Crippen molar-refractivity contribution in [3.05, 3.63) is 48.0 Å². The molecular formula is C17H15ClF3NS. The third-order valence-corrected chi connectivity index (χ3v) is 5.12. The lowest BCUT2D eigenvalue weighted by Gasteiger charge is -2.33. The van der Waals surface area contributed by atoms with Gasteiger partial charge in [0.2, 0.25) is 0 Å². The number of para-hydroxylation sites is 1. The van der Waals surface area contributed by atoms with Crippen molar-refractivity contribution in [3.8, 4) is 0 Å². The van der Waals surface area contributed by atoms with E-state index in [1.807, 2.05) is 29.2 Å². The molecule has 0 unspecified atom stereocenters. The van der Waals surface area contributed by atoms with Gasteiger partial charge in [0.25, 0.3) is 0 Å². The summed E-state index contributed by atoms with van der Waals surface area (Å²) in [7, 11) is 0. The van der Waals surface area contributed by atoms with Gasteiger partial charge in [0.15, 0.2) is 0 Å². The van der Waals surface area contributed by atoms with Crippen LogP contribution >= 0.6 is 23.4 Å². The summed E-state index contributed by atoms with van der Waals surface area (Å²) in [6.07, 6.45) is -2.67. The van der Waals surface area contributed by atoms with Crippen molar-refractivity contribution in [1.29, 1.82) is 0 Å². The summed E-state index contributed by atoms with van der Waals surface area (Å²) >= 11 is 7.24. The lowest BCUT2D eigenvalue weighted by molar-refractivity contribution is -0.137. The van der Waals surface area contributed by atoms with E-state index in [1.54, 1.807) is 6.07 Å². The first-order valence-electron chi connectivity index (χ1n) is 7.32. The molecule has 23 heavy (non-hydrogen) atoms. The first-order chi connectivity index (χ1) is 11.0. The molecule has 0 amide bonds. The van der Waals surface area contributed by atoms with Crippen LogP contribution in [0.5, 0.6) is 0 Å². The zero-order valence-corrected chi connectivity index (χ0v) is 13.8. The zero-order chi connectivity index (χ0) is 16.4. The minimum absolute atomic E-state index is 0.555. The second-order valence-electron chi connectivity index (χ2n) is 5.30. The summed E-state index contributed by atoms with van der Waals surface area (Å²) in [5.74, 6) is 0.555. The van der Waals surface area contributed by atoms with Gasteiger partial charge in [-0.05, 0) is 43.2 Å². The number of anilines is 2. The highest BCUT2D eigenvalue weighted by molar-refractivity contribution is 7.99. The number of nitrogens with zero attached hydrogens (tertiary/aromatic N) is 1. The number of hydrogen-bond acceptors (Lipinski definition) is 2. The minimum atomic E-state index is -4.33. The quantitative estimate of drug-likeness (QED) is 0.464. The Morgan fingerprint density at radius 2 is 1.70 bits per heavy atom. The summed E-state index contributed by atoms with van der Waals surface area (Å²) in [4.78, 5) is 3.89. The summed E-state index contributed by atoms with van der Waals surface area (Å²) in [6, 6.07) is 11.8. The smallest absolute Gasteiger partial charge is 0.340 e. The highest BCUT2D eigenvalue weighted by Gasteiger charge is 2.33. The third-order valence-electron chi connectivity index (χ3n) is 3.72. The molecule has 122 valence electrons. The third kappa shape index (κ3) is 3.45. The van der Waals surface area contributed by atoms with E-state index in [-0.39, 0.29) is 0 Å². The first-order valence-corrected chi connectivity index (χ1v) is 8.67. The average Bonchev–Trinajstić information content (AvgIpc) is 2.53. The Bertz CT molecular complexity index is 702. The maximum atomic E-state index is 13.0. The highest BCUT2D eigenvalue weighted by Crippen LogP contribution is 2.49. The van der Waals surface area contributed by atoms with Crippen LogP contribution in [-0.2, 0) is 6.18 Å². The van der Waals surface area contributed by atoms with E-state index in [0.29, 0.717) is 18.1 Å². The van der Waals surface area contributed by atoms with Gasteiger partial charge in [-0.2, -0.15) is 13.2 Å². The molecule has 1 aliphatic heterocycles. The topological polar surface area (TPSA) is 3.24 Å². The lowest BCUT2D eigenvalue weighted by Crippen LogP contribution is -2.22. The molecule has 0 bridgehead atoms. The first kappa shape index (κ1) is 16.5. The predicted octanol–water partition coefficient (Wildman–Crippen LogP) is 6.33. The van der Waals surface area contributed by atoms with Crippen LogP contribution < -0.4 is 4.90 Å². The number of halogens is 4. The zero-order valence-electron chi connectivity index (χ0n) is 12.2. The van der Waals surface area contributed by atoms with Gasteiger partial charge in [0.1, 0.15) is 0 Å². The molecule has 0 aliphatic carbocycles. The number of hydrogen-bond donors (Lipinski definition) is 0. The van der Waals surface area contributed by atoms with E-state index in [9.17, 15) is 13.2 Å². The molecule has 2 aromatic rings. The van der Waals surface area contributed by atoms with Gasteiger partial charge in [-0.1, -0.05) is 23.9 Å². The van der Waals surface area contributed by atoms with Gasteiger partial charge in [-0.15, -0.1) is 11.6 Å². The molecule has 3 rings (SSSR count). The van der Waals surface area contributed by atoms with Gasteiger partial charge >= 0.3 is 6.18 Å². The van der Waals surface area contributed by atoms with E-state index in [4.69, 9.17) is 11.6 Å². The fourth-order valence-corrected chi connectivity index (χ4v) is 3.88. The van der Waals surface area contributed by atoms with Crippen molar-refractivity contribution in [2.24, 2.45) is 0 Å². The molecule has 0 aromatic heterocycles. The van der Waals surface area contributed by atoms with Crippen molar-refractivity contribution in [1.82, 2.24) is 0 Å². The second kappa shape index (κ2) is 6.65. The fourth-order valence-electron chi connectivity index (χ4n) is 2.61. The molecule has 2 aromatic carbocycles. The largest absolute Gasteiger partial charge is 0.416 e. The van der Waals surface area contributed by atoms with Crippen molar-refractivity contribution in [2.45, 2.75) is 28.8 Å². The van der Waals surface area contributed by atoms with Crippen LogP contribution in [0, 0.1) is 0 Å². The van der Waals surface area contributed by atoms with E-state index in [0.717, 1.165) is 34.4 Å². The van der Waals surface area contributed by atoms with Crippen LogP contribution in [0.15, 0.2) is 52.3 Å². The Morgan fingerprint density at radius 3 is 2.43 bits per heavy atom. The van der Waals surface area contributed by atoms with Crippen LogP contribution in [0.1, 0.15) is 18.4 Å². The van der Waals surface area contributed by atoms with E-state index in [1.165, 1.54) is 17.8 Å². The normalized spacial score (nSPS) is 13.7. The maximum absolute atomic E-state index is 13.0. The molecule has 0 saturated carbocycles. The molecule has 0 fully saturated rings. The van der Waals surface area contributed by atoms with E-state index >= 15 is 0 Å². The van der Waals surface area contributed by atoms with Crippen molar-refractivity contribution < 1.29 is 13.2 Å². The van der Waals surface area contributed by atoms with Crippen LogP contribution in [0.3, 0.4) is 0 Å². The summed E-state index contributed by atoms with van der Waals surface area (Å²) < 4.78 is 39.1. The fraction of sp³-hybridized carbons (Fsp3) is 0.294. The number of fused-ring (bicyclic) bond motifs is 2. The molecular weight excluding hydrogens is 343 g/mol. The Kier molecular flexibility index (Phi) is 4.78. The van der Waals surface area contributed by atoms with Crippen molar-refractivity contribution in [2.75, 3.05) is 17.3 Å². The number of alkyl halides is 4. The molecule has 6 heteroatoms. The van der Waals surface area contributed by atoms with Crippen LogP contribution in [-0.4, -0.2) is 12.4 Å². The molecule has 0 spiro atoms. The number of unbranched alkanes of at least 4 members (excludes halogenated alkanes) is 1. The molecule has 0 atom stereocenters. The van der Waals surface area contributed by atoms with Gasteiger partial charge in [-0.3, -0.25) is 0 Å².